The summed E-state index contributed by atoms with van der Waals surface area (Å²) < 4.78 is 2.95. The molecule has 1 amide bonds. The summed E-state index contributed by atoms with van der Waals surface area (Å²) in [5.41, 5.74) is 4.45. The Balaban J connectivity index is 1.33. The standard InChI is InChI=1S/C23H22N4OS2/c1-15-9-11-16(12-10-15)29-14-13-21(28)25-22-17-5-4-7-18(17)26-27(22)23-24-19-6-2-3-8-20(19)30-23/h2-3,6,8-12H,4-5,7,13-14H2,1H3,(H,25,28). The SMILES string of the molecule is Cc1ccc(SCCC(=O)Nc2c3c(nn2-c2nc4ccccc4s2)CCC3)cc1. The van der Waals surface area contributed by atoms with E-state index in [1.807, 2.05) is 22.9 Å². The molecule has 0 aliphatic heterocycles. The molecule has 1 aliphatic rings. The Kier molecular flexibility index (Phi) is 5.31. The highest BCUT2D eigenvalue weighted by Crippen LogP contribution is 2.33. The van der Waals surface area contributed by atoms with Crippen molar-refractivity contribution in [2.75, 3.05) is 11.1 Å². The summed E-state index contributed by atoms with van der Waals surface area (Å²) in [5.74, 6) is 1.56. The average Bonchev–Trinajstić information content (AvgIpc) is 3.44. The maximum Gasteiger partial charge on any atom is 0.226 e. The van der Waals surface area contributed by atoms with Crippen LogP contribution in [-0.2, 0) is 17.6 Å². The van der Waals surface area contributed by atoms with Gasteiger partial charge in [0.05, 0.1) is 15.9 Å². The number of aromatic nitrogens is 3. The lowest BCUT2D eigenvalue weighted by Gasteiger charge is -2.09. The van der Waals surface area contributed by atoms with Crippen molar-refractivity contribution in [2.45, 2.75) is 37.5 Å². The number of amides is 1. The molecular weight excluding hydrogens is 412 g/mol. The number of aryl methyl sites for hydroxylation is 2. The molecule has 7 heteroatoms. The fourth-order valence-corrected chi connectivity index (χ4v) is 5.48. The summed E-state index contributed by atoms with van der Waals surface area (Å²) in [6.07, 6.45) is 3.45. The molecule has 152 valence electrons. The number of benzene rings is 2. The topological polar surface area (TPSA) is 59.8 Å². The number of para-hydroxylation sites is 1. The van der Waals surface area contributed by atoms with Crippen LogP contribution < -0.4 is 5.32 Å². The van der Waals surface area contributed by atoms with E-state index in [-0.39, 0.29) is 5.91 Å². The van der Waals surface area contributed by atoms with Crippen LogP contribution in [0.5, 0.6) is 0 Å². The minimum atomic E-state index is 0.0200. The lowest BCUT2D eigenvalue weighted by atomic mass is 10.2. The van der Waals surface area contributed by atoms with E-state index in [1.54, 1.807) is 23.1 Å². The first kappa shape index (κ1) is 19.3. The lowest BCUT2D eigenvalue weighted by molar-refractivity contribution is -0.115. The predicted molar refractivity (Wildman–Crippen MR) is 124 cm³/mol. The summed E-state index contributed by atoms with van der Waals surface area (Å²) >= 11 is 3.30. The van der Waals surface area contributed by atoms with Crippen LogP contribution in [0.3, 0.4) is 0 Å². The normalized spacial score (nSPS) is 13.0. The fourth-order valence-electron chi connectivity index (χ4n) is 3.70. The van der Waals surface area contributed by atoms with Crippen LogP contribution in [0.1, 0.15) is 29.7 Å². The largest absolute Gasteiger partial charge is 0.310 e. The van der Waals surface area contributed by atoms with Gasteiger partial charge in [-0.3, -0.25) is 4.79 Å². The summed E-state index contributed by atoms with van der Waals surface area (Å²) in [5, 5.41) is 8.73. The number of rotatable bonds is 6. The predicted octanol–water partition coefficient (Wildman–Crippen LogP) is 5.40. The molecule has 0 bridgehead atoms. The molecule has 0 unspecified atom stereocenters. The Hall–Kier alpha value is -2.64. The first-order chi connectivity index (χ1) is 14.7. The van der Waals surface area contributed by atoms with Crippen LogP contribution >= 0.6 is 23.1 Å². The summed E-state index contributed by atoms with van der Waals surface area (Å²) in [6.45, 7) is 2.08. The minimum Gasteiger partial charge on any atom is -0.310 e. The van der Waals surface area contributed by atoms with Gasteiger partial charge in [-0.2, -0.15) is 9.78 Å². The number of nitrogens with one attached hydrogen (secondary N) is 1. The molecule has 0 saturated heterocycles. The first-order valence-electron chi connectivity index (χ1n) is 10.1. The van der Waals surface area contributed by atoms with Gasteiger partial charge in [0.2, 0.25) is 11.0 Å². The highest BCUT2D eigenvalue weighted by atomic mass is 32.2. The number of thioether (sulfide) groups is 1. The molecule has 2 aromatic heterocycles. The lowest BCUT2D eigenvalue weighted by Crippen LogP contribution is -2.16. The molecule has 2 aromatic carbocycles. The van der Waals surface area contributed by atoms with Gasteiger partial charge in [0.25, 0.3) is 0 Å². The molecular formula is C23H22N4OS2. The third-order valence-corrected chi connectivity index (χ3v) is 7.27. The van der Waals surface area contributed by atoms with Gasteiger partial charge in [0.1, 0.15) is 5.82 Å². The summed E-state index contributed by atoms with van der Waals surface area (Å²) in [6, 6.07) is 16.5. The van der Waals surface area contributed by atoms with Gasteiger partial charge in [-0.05, 0) is 50.5 Å². The second-order valence-electron chi connectivity index (χ2n) is 7.46. The van der Waals surface area contributed by atoms with Gasteiger partial charge in [0.15, 0.2) is 0 Å². The van der Waals surface area contributed by atoms with E-state index >= 15 is 0 Å². The van der Waals surface area contributed by atoms with Crippen LogP contribution in [0, 0.1) is 6.92 Å². The number of anilines is 1. The zero-order valence-corrected chi connectivity index (χ0v) is 18.4. The Bertz CT molecular complexity index is 1180. The maximum atomic E-state index is 12.7. The van der Waals surface area contributed by atoms with Crippen LogP contribution in [0.2, 0.25) is 0 Å². The van der Waals surface area contributed by atoms with E-state index < -0.39 is 0 Å². The summed E-state index contributed by atoms with van der Waals surface area (Å²) in [4.78, 5) is 18.7. The van der Waals surface area contributed by atoms with Gasteiger partial charge in [-0.25, -0.2) is 4.98 Å². The van der Waals surface area contributed by atoms with E-state index in [0.717, 1.165) is 57.4 Å². The highest BCUT2D eigenvalue weighted by molar-refractivity contribution is 7.99. The number of hydrogen-bond donors (Lipinski definition) is 1. The number of nitrogens with zero attached hydrogens (tertiary/aromatic N) is 3. The van der Waals surface area contributed by atoms with Gasteiger partial charge in [0, 0.05) is 22.6 Å². The monoisotopic (exact) mass is 434 g/mol. The number of fused-ring (bicyclic) bond motifs is 2. The van der Waals surface area contributed by atoms with Crippen molar-refractivity contribution < 1.29 is 4.79 Å². The number of thiazole rings is 1. The summed E-state index contributed by atoms with van der Waals surface area (Å²) in [7, 11) is 0. The molecule has 0 saturated carbocycles. The van der Waals surface area contributed by atoms with Gasteiger partial charge in [-0.15, -0.1) is 11.8 Å². The maximum absolute atomic E-state index is 12.7. The third kappa shape index (κ3) is 3.87. The highest BCUT2D eigenvalue weighted by Gasteiger charge is 2.25. The van der Waals surface area contributed by atoms with E-state index in [4.69, 9.17) is 10.1 Å². The second kappa shape index (κ2) is 8.24. The number of carbonyl (C=O) groups excluding carboxylic acids is 1. The Morgan fingerprint density at radius 3 is 2.83 bits per heavy atom. The minimum absolute atomic E-state index is 0.0200. The first-order valence-corrected chi connectivity index (χ1v) is 11.9. The number of hydrogen-bond acceptors (Lipinski definition) is 5. The molecule has 0 fully saturated rings. The van der Waals surface area contributed by atoms with Crippen molar-refractivity contribution in [3.05, 3.63) is 65.4 Å². The smallest absolute Gasteiger partial charge is 0.226 e. The van der Waals surface area contributed by atoms with Crippen molar-refractivity contribution >= 4 is 45.0 Å². The van der Waals surface area contributed by atoms with Crippen LogP contribution in [0.25, 0.3) is 15.3 Å². The molecule has 0 atom stereocenters. The van der Waals surface area contributed by atoms with Gasteiger partial charge >= 0.3 is 0 Å². The third-order valence-electron chi connectivity index (χ3n) is 5.25. The van der Waals surface area contributed by atoms with Crippen molar-refractivity contribution in [2.24, 2.45) is 0 Å². The molecule has 2 heterocycles. The Labute approximate surface area is 183 Å². The van der Waals surface area contributed by atoms with Crippen molar-refractivity contribution in [1.29, 1.82) is 0 Å². The molecule has 5 nitrogen and oxygen atoms in total. The zero-order valence-electron chi connectivity index (χ0n) is 16.7. The van der Waals surface area contributed by atoms with E-state index in [1.165, 1.54) is 10.5 Å². The van der Waals surface area contributed by atoms with E-state index in [9.17, 15) is 4.79 Å². The molecule has 0 radical (unpaired) electrons. The van der Waals surface area contributed by atoms with Gasteiger partial charge < -0.3 is 5.32 Å². The van der Waals surface area contributed by atoms with E-state index in [2.05, 4.69) is 42.6 Å². The van der Waals surface area contributed by atoms with Gasteiger partial charge in [-0.1, -0.05) is 41.2 Å². The van der Waals surface area contributed by atoms with Crippen LogP contribution in [0.4, 0.5) is 5.82 Å². The Morgan fingerprint density at radius 1 is 1.17 bits per heavy atom. The van der Waals surface area contributed by atoms with E-state index in [0.29, 0.717) is 6.42 Å². The quantitative estimate of drug-likeness (QED) is 0.413. The van der Waals surface area contributed by atoms with Crippen molar-refractivity contribution in [3.63, 3.8) is 0 Å². The zero-order chi connectivity index (χ0) is 20.5. The van der Waals surface area contributed by atoms with Crippen molar-refractivity contribution in [3.8, 4) is 5.13 Å². The molecule has 30 heavy (non-hydrogen) atoms. The van der Waals surface area contributed by atoms with Crippen LogP contribution in [0.15, 0.2) is 53.4 Å². The second-order valence-corrected chi connectivity index (χ2v) is 9.64. The molecule has 1 N–H and O–H groups in total. The molecule has 4 aromatic rings. The molecule has 1 aliphatic carbocycles. The van der Waals surface area contributed by atoms with Crippen LogP contribution in [-0.4, -0.2) is 26.4 Å². The van der Waals surface area contributed by atoms with Crippen molar-refractivity contribution in [1.82, 2.24) is 14.8 Å². The number of carbonyl (C=O) groups is 1. The molecule has 5 rings (SSSR count). The Morgan fingerprint density at radius 2 is 2.00 bits per heavy atom. The fraction of sp³-hybridized carbons (Fsp3) is 0.261. The molecule has 0 spiro atoms. The average molecular weight is 435 g/mol.